The van der Waals surface area contributed by atoms with Crippen LogP contribution in [-0.4, -0.2) is 29.2 Å². The maximum atomic E-state index is 5.79. The van der Waals surface area contributed by atoms with Crippen LogP contribution in [-0.2, 0) is 4.74 Å². The van der Waals surface area contributed by atoms with E-state index in [9.17, 15) is 0 Å². The van der Waals surface area contributed by atoms with Crippen LogP contribution < -0.4 is 11.1 Å². The minimum atomic E-state index is 0.381. The van der Waals surface area contributed by atoms with Crippen molar-refractivity contribution in [1.29, 1.82) is 0 Å². The highest BCUT2D eigenvalue weighted by molar-refractivity contribution is 7.80. The molecular weight excluding hydrogens is 258 g/mol. The Balaban J connectivity index is 2.03. The lowest BCUT2D eigenvalue weighted by atomic mass is 10.1. The molecule has 104 valence electrons. The number of pyridine rings is 1. The quantitative estimate of drug-likeness (QED) is 0.810. The van der Waals surface area contributed by atoms with Crippen molar-refractivity contribution < 1.29 is 4.74 Å². The molecule has 1 aliphatic heterocycles. The molecule has 1 aromatic rings. The predicted molar refractivity (Wildman–Crippen MR) is 81.7 cm³/mol. The molecule has 19 heavy (non-hydrogen) atoms. The molecule has 3 N–H and O–H groups in total. The molecule has 1 unspecified atom stereocenters. The largest absolute Gasteiger partial charge is 0.389 e. The van der Waals surface area contributed by atoms with Crippen LogP contribution in [0.5, 0.6) is 0 Å². The smallest absolute Gasteiger partial charge is 0.136 e. The van der Waals surface area contributed by atoms with Gasteiger partial charge in [-0.05, 0) is 44.7 Å². The number of nitrogens with two attached hydrogens (primary N) is 1. The van der Waals surface area contributed by atoms with Crippen molar-refractivity contribution in [2.24, 2.45) is 5.73 Å². The van der Waals surface area contributed by atoms with E-state index >= 15 is 0 Å². The van der Waals surface area contributed by atoms with Gasteiger partial charge in [-0.3, -0.25) is 0 Å². The molecule has 2 heterocycles. The monoisotopic (exact) mass is 279 g/mol. The maximum absolute atomic E-state index is 5.79. The van der Waals surface area contributed by atoms with E-state index in [0.29, 0.717) is 11.1 Å². The molecule has 0 amide bonds. The topological polar surface area (TPSA) is 60.2 Å². The van der Waals surface area contributed by atoms with Crippen LogP contribution in [0.15, 0.2) is 6.07 Å². The van der Waals surface area contributed by atoms with Crippen molar-refractivity contribution in [3.63, 3.8) is 0 Å². The molecule has 0 bridgehead atoms. The summed E-state index contributed by atoms with van der Waals surface area (Å²) in [6, 6.07) is 2.00. The third-order valence-electron chi connectivity index (χ3n) is 3.37. The molecule has 0 spiro atoms. The minimum Gasteiger partial charge on any atom is -0.389 e. The molecule has 1 atom stereocenters. The second-order valence-electron chi connectivity index (χ2n) is 5.02. The fourth-order valence-corrected chi connectivity index (χ4v) is 2.76. The summed E-state index contributed by atoms with van der Waals surface area (Å²) in [5.41, 5.74) is 8.68. The van der Waals surface area contributed by atoms with Crippen LogP contribution in [0.1, 0.15) is 36.1 Å². The summed E-state index contributed by atoms with van der Waals surface area (Å²) in [7, 11) is 0. The van der Waals surface area contributed by atoms with Crippen LogP contribution in [0.25, 0.3) is 0 Å². The van der Waals surface area contributed by atoms with E-state index < -0.39 is 0 Å². The van der Waals surface area contributed by atoms with Crippen molar-refractivity contribution in [3.05, 3.63) is 22.9 Å². The molecule has 1 aliphatic rings. The Morgan fingerprint density at radius 2 is 2.37 bits per heavy atom. The fourth-order valence-electron chi connectivity index (χ4n) is 2.50. The Kier molecular flexibility index (Phi) is 4.71. The van der Waals surface area contributed by atoms with Gasteiger partial charge in [0, 0.05) is 18.8 Å². The Morgan fingerprint density at radius 1 is 1.58 bits per heavy atom. The average molecular weight is 279 g/mol. The highest BCUT2D eigenvalue weighted by Crippen LogP contribution is 2.20. The number of rotatable bonds is 5. The molecule has 0 radical (unpaired) electrons. The third kappa shape index (κ3) is 3.64. The molecule has 0 saturated carbocycles. The predicted octanol–water partition coefficient (Wildman–Crippen LogP) is 2.31. The minimum absolute atomic E-state index is 0.381. The Bertz CT molecular complexity index is 470. The van der Waals surface area contributed by atoms with Gasteiger partial charge in [0.25, 0.3) is 0 Å². The lowest BCUT2D eigenvalue weighted by Gasteiger charge is -2.15. The summed E-state index contributed by atoms with van der Waals surface area (Å²) in [4.78, 5) is 4.89. The Morgan fingerprint density at radius 3 is 3.00 bits per heavy atom. The zero-order valence-electron chi connectivity index (χ0n) is 11.5. The number of ether oxygens (including phenoxy) is 1. The lowest BCUT2D eigenvalue weighted by molar-refractivity contribution is 0.107. The van der Waals surface area contributed by atoms with E-state index in [2.05, 4.69) is 10.3 Å². The van der Waals surface area contributed by atoms with Gasteiger partial charge >= 0.3 is 0 Å². The average Bonchev–Trinajstić information content (AvgIpc) is 2.80. The van der Waals surface area contributed by atoms with Crippen LogP contribution in [0.4, 0.5) is 5.82 Å². The van der Waals surface area contributed by atoms with Gasteiger partial charge in [-0.25, -0.2) is 4.98 Å². The summed E-state index contributed by atoms with van der Waals surface area (Å²) in [6.07, 6.45) is 3.70. The van der Waals surface area contributed by atoms with Crippen molar-refractivity contribution in [2.45, 2.75) is 39.2 Å². The van der Waals surface area contributed by atoms with Gasteiger partial charge < -0.3 is 15.8 Å². The first-order chi connectivity index (χ1) is 9.08. The van der Waals surface area contributed by atoms with Crippen molar-refractivity contribution in [3.8, 4) is 0 Å². The number of aryl methyl sites for hydroxylation is 2. The van der Waals surface area contributed by atoms with Gasteiger partial charge in [-0.2, -0.15) is 0 Å². The molecule has 5 heteroatoms. The number of aromatic nitrogens is 1. The van der Waals surface area contributed by atoms with E-state index in [1.165, 1.54) is 6.42 Å². The normalized spacial score (nSPS) is 18.5. The number of nitrogens with one attached hydrogen (secondary N) is 1. The highest BCUT2D eigenvalue weighted by Gasteiger charge is 2.16. The summed E-state index contributed by atoms with van der Waals surface area (Å²) >= 11 is 5.11. The standard InChI is InChI=1S/C14H21N3OS/c1-9-8-10(2)17-14(12(9)13(15)19)16-6-5-11-4-3-7-18-11/h8,11H,3-7H2,1-2H3,(H2,15,19)(H,16,17). The second kappa shape index (κ2) is 6.30. The summed E-state index contributed by atoms with van der Waals surface area (Å²) in [6.45, 7) is 5.71. The first-order valence-electron chi connectivity index (χ1n) is 6.71. The molecule has 0 aromatic carbocycles. The molecule has 0 aliphatic carbocycles. The first kappa shape index (κ1) is 14.2. The van der Waals surface area contributed by atoms with Gasteiger partial charge in [0.1, 0.15) is 10.8 Å². The van der Waals surface area contributed by atoms with Crippen LogP contribution >= 0.6 is 12.2 Å². The molecule has 2 rings (SSSR count). The van der Waals surface area contributed by atoms with Crippen molar-refractivity contribution >= 4 is 23.0 Å². The van der Waals surface area contributed by atoms with Gasteiger partial charge in [0.2, 0.25) is 0 Å². The van der Waals surface area contributed by atoms with E-state index in [4.69, 9.17) is 22.7 Å². The third-order valence-corrected chi connectivity index (χ3v) is 3.58. The number of anilines is 1. The Labute approximate surface area is 119 Å². The van der Waals surface area contributed by atoms with E-state index in [-0.39, 0.29) is 0 Å². The van der Waals surface area contributed by atoms with Crippen molar-refractivity contribution in [1.82, 2.24) is 4.98 Å². The van der Waals surface area contributed by atoms with Gasteiger partial charge in [0.05, 0.1) is 11.7 Å². The molecular formula is C14H21N3OS. The van der Waals surface area contributed by atoms with Crippen molar-refractivity contribution in [2.75, 3.05) is 18.5 Å². The summed E-state index contributed by atoms with van der Waals surface area (Å²) in [5.74, 6) is 0.794. The van der Waals surface area contributed by atoms with Gasteiger partial charge in [0.15, 0.2) is 0 Å². The summed E-state index contributed by atoms with van der Waals surface area (Å²) in [5, 5.41) is 3.34. The Hall–Kier alpha value is -1.20. The first-order valence-corrected chi connectivity index (χ1v) is 7.12. The van der Waals surface area contributed by atoms with Crippen LogP contribution in [0, 0.1) is 13.8 Å². The van der Waals surface area contributed by atoms with E-state index in [1.54, 1.807) is 0 Å². The second-order valence-corrected chi connectivity index (χ2v) is 5.46. The maximum Gasteiger partial charge on any atom is 0.136 e. The van der Waals surface area contributed by atoms with Crippen LogP contribution in [0.2, 0.25) is 0 Å². The van der Waals surface area contributed by atoms with Crippen LogP contribution in [0.3, 0.4) is 0 Å². The number of hydrogen-bond acceptors (Lipinski definition) is 4. The SMILES string of the molecule is Cc1cc(C)c(C(N)=S)c(NCCC2CCCO2)n1. The summed E-state index contributed by atoms with van der Waals surface area (Å²) < 4.78 is 5.61. The highest BCUT2D eigenvalue weighted by atomic mass is 32.1. The zero-order valence-corrected chi connectivity index (χ0v) is 12.3. The number of thiocarbonyl (C=S) groups is 1. The number of hydrogen-bond donors (Lipinski definition) is 2. The zero-order chi connectivity index (χ0) is 13.8. The molecule has 4 nitrogen and oxygen atoms in total. The lowest BCUT2D eigenvalue weighted by Crippen LogP contribution is -2.19. The van der Waals surface area contributed by atoms with Gasteiger partial charge in [-0.15, -0.1) is 0 Å². The number of nitrogens with zero attached hydrogens (tertiary/aromatic N) is 1. The van der Waals surface area contributed by atoms with E-state index in [0.717, 1.165) is 48.6 Å². The molecule has 1 aromatic heterocycles. The molecule has 1 fully saturated rings. The van der Waals surface area contributed by atoms with Gasteiger partial charge in [-0.1, -0.05) is 12.2 Å². The van der Waals surface area contributed by atoms with E-state index in [1.807, 2.05) is 19.9 Å². The molecule has 1 saturated heterocycles. The fraction of sp³-hybridized carbons (Fsp3) is 0.571.